The van der Waals surface area contributed by atoms with E-state index in [1.807, 2.05) is 18.2 Å². The number of carbonyl (C=O) groups excluding carboxylic acids is 4. The molecule has 2 amide bonds. The van der Waals surface area contributed by atoms with Crippen LogP contribution < -0.4 is 9.96 Å². The number of esters is 2. The molecule has 2 saturated heterocycles. The molecule has 0 unspecified atom stereocenters. The Kier molecular flexibility index (Phi) is 6.95. The van der Waals surface area contributed by atoms with Gasteiger partial charge in [0.15, 0.2) is 6.10 Å². The van der Waals surface area contributed by atoms with Crippen molar-refractivity contribution in [3.05, 3.63) is 81.2 Å². The number of imide groups is 1. The second-order valence-electron chi connectivity index (χ2n) is 8.64. The van der Waals surface area contributed by atoms with Gasteiger partial charge in [0.05, 0.1) is 31.0 Å². The van der Waals surface area contributed by atoms with Gasteiger partial charge in [-0.3, -0.25) is 14.4 Å². The third kappa shape index (κ3) is 4.05. The van der Waals surface area contributed by atoms with Crippen molar-refractivity contribution in [1.29, 1.82) is 0 Å². The molecule has 9 nitrogen and oxygen atoms in total. The first-order valence-electron chi connectivity index (χ1n) is 11.8. The number of halogens is 1. The number of hydroxylamine groups is 1. The lowest BCUT2D eigenvalue weighted by molar-refractivity contribution is -0.126. The van der Waals surface area contributed by atoms with Crippen molar-refractivity contribution in [3.63, 3.8) is 0 Å². The number of fused-ring (bicyclic) bond motifs is 1. The van der Waals surface area contributed by atoms with Crippen LogP contribution in [0, 0.1) is 12.8 Å². The van der Waals surface area contributed by atoms with Gasteiger partial charge in [-0.2, -0.15) is 0 Å². The van der Waals surface area contributed by atoms with Gasteiger partial charge in [0, 0.05) is 5.02 Å². The van der Waals surface area contributed by atoms with Crippen molar-refractivity contribution in [2.24, 2.45) is 5.92 Å². The second kappa shape index (κ2) is 10.2. The summed E-state index contributed by atoms with van der Waals surface area (Å²) in [6.45, 7) is 3.32. The Morgan fingerprint density at radius 2 is 1.71 bits per heavy atom. The second-order valence-corrected chi connectivity index (χ2v) is 10.0. The van der Waals surface area contributed by atoms with Gasteiger partial charge in [-0.25, -0.2) is 19.6 Å². The summed E-state index contributed by atoms with van der Waals surface area (Å²) >= 11 is 7.39. The number of rotatable bonds is 6. The van der Waals surface area contributed by atoms with Crippen molar-refractivity contribution in [1.82, 2.24) is 0 Å². The topological polar surface area (TPSA) is 102 Å². The minimum Gasteiger partial charge on any atom is -0.465 e. The molecule has 0 aliphatic carbocycles. The van der Waals surface area contributed by atoms with E-state index >= 15 is 0 Å². The number of carbonyl (C=O) groups is 4. The minimum absolute atomic E-state index is 0.00503. The van der Waals surface area contributed by atoms with Crippen LogP contribution >= 0.6 is 22.9 Å². The zero-order chi connectivity index (χ0) is 27.1. The predicted octanol–water partition coefficient (Wildman–Crippen LogP) is 4.72. The highest BCUT2D eigenvalue weighted by Gasteiger charge is 2.61. The molecule has 2 aromatic carbocycles. The zero-order valence-corrected chi connectivity index (χ0v) is 22.2. The molecule has 3 atom stereocenters. The SMILES string of the molecule is CCOC(=O)c1sc(N2C(=O)[C@H]3[C@@H](c4ccccc4Cl)N(c4ccccc4)O[C@H]3C2=O)c(C(=O)OC)c1C. The Hall–Kier alpha value is -3.73. The normalized spacial score (nSPS) is 20.6. The van der Waals surface area contributed by atoms with Crippen LogP contribution in [0.5, 0.6) is 0 Å². The maximum Gasteiger partial charge on any atom is 0.348 e. The number of nitrogens with zero attached hydrogens (tertiary/aromatic N) is 2. The lowest BCUT2D eigenvalue weighted by Gasteiger charge is -2.29. The summed E-state index contributed by atoms with van der Waals surface area (Å²) in [7, 11) is 1.18. The van der Waals surface area contributed by atoms with Crippen LogP contribution in [-0.2, 0) is 23.9 Å². The molecule has 11 heteroatoms. The van der Waals surface area contributed by atoms with Crippen molar-refractivity contribution in [2.75, 3.05) is 23.7 Å². The molecule has 0 bridgehead atoms. The van der Waals surface area contributed by atoms with E-state index in [0.29, 0.717) is 16.3 Å². The molecule has 3 heterocycles. The van der Waals surface area contributed by atoms with Crippen molar-refractivity contribution in [3.8, 4) is 0 Å². The van der Waals surface area contributed by atoms with Crippen LogP contribution in [0.4, 0.5) is 10.7 Å². The van der Waals surface area contributed by atoms with Gasteiger partial charge in [-0.05, 0) is 43.2 Å². The maximum absolute atomic E-state index is 14.0. The van der Waals surface area contributed by atoms with Gasteiger partial charge < -0.3 is 9.47 Å². The molecular formula is C27H23ClN2O7S. The van der Waals surface area contributed by atoms with Crippen molar-refractivity contribution in [2.45, 2.75) is 26.0 Å². The molecule has 2 aliphatic heterocycles. The fourth-order valence-electron chi connectivity index (χ4n) is 4.83. The molecule has 2 fully saturated rings. The highest BCUT2D eigenvalue weighted by atomic mass is 35.5. The summed E-state index contributed by atoms with van der Waals surface area (Å²) in [5.74, 6) is -3.65. The number of amides is 2. The lowest BCUT2D eigenvalue weighted by Crippen LogP contribution is -2.37. The molecule has 38 heavy (non-hydrogen) atoms. The van der Waals surface area contributed by atoms with Crippen LogP contribution in [-0.4, -0.2) is 43.6 Å². The third-order valence-electron chi connectivity index (χ3n) is 6.53. The van der Waals surface area contributed by atoms with Crippen LogP contribution in [0.25, 0.3) is 0 Å². The monoisotopic (exact) mass is 554 g/mol. The summed E-state index contributed by atoms with van der Waals surface area (Å²) in [5, 5.41) is 1.94. The largest absolute Gasteiger partial charge is 0.465 e. The number of methoxy groups -OCH3 is 1. The molecule has 0 spiro atoms. The van der Waals surface area contributed by atoms with Gasteiger partial charge in [-0.15, -0.1) is 11.3 Å². The van der Waals surface area contributed by atoms with Gasteiger partial charge in [0.2, 0.25) is 5.91 Å². The van der Waals surface area contributed by atoms with E-state index in [2.05, 4.69) is 0 Å². The van der Waals surface area contributed by atoms with Gasteiger partial charge in [0.1, 0.15) is 15.8 Å². The van der Waals surface area contributed by atoms with Gasteiger partial charge in [-0.1, -0.05) is 48.0 Å². The summed E-state index contributed by atoms with van der Waals surface area (Å²) < 4.78 is 10.0. The molecule has 0 N–H and O–H groups in total. The molecule has 196 valence electrons. The Labute approximate surface area is 227 Å². The van der Waals surface area contributed by atoms with E-state index in [1.54, 1.807) is 50.2 Å². The number of hydrogen-bond acceptors (Lipinski definition) is 9. The van der Waals surface area contributed by atoms with E-state index in [9.17, 15) is 19.2 Å². The summed E-state index contributed by atoms with van der Waals surface area (Å²) in [5.41, 5.74) is 1.47. The Morgan fingerprint density at radius 1 is 1.03 bits per heavy atom. The Morgan fingerprint density at radius 3 is 2.37 bits per heavy atom. The molecule has 0 saturated carbocycles. The average molecular weight is 555 g/mol. The van der Waals surface area contributed by atoms with E-state index in [1.165, 1.54) is 12.2 Å². The number of benzene rings is 2. The Bertz CT molecular complexity index is 1440. The van der Waals surface area contributed by atoms with Gasteiger partial charge >= 0.3 is 11.9 Å². The highest BCUT2D eigenvalue weighted by Crippen LogP contribution is 2.50. The number of para-hydroxylation sites is 1. The quantitative estimate of drug-likeness (QED) is 0.318. The highest BCUT2D eigenvalue weighted by molar-refractivity contribution is 7.19. The number of anilines is 2. The smallest absolute Gasteiger partial charge is 0.348 e. The maximum atomic E-state index is 14.0. The van der Waals surface area contributed by atoms with Crippen LogP contribution in [0.15, 0.2) is 54.6 Å². The van der Waals surface area contributed by atoms with Crippen LogP contribution in [0.1, 0.15) is 44.1 Å². The first kappa shape index (κ1) is 25.9. The lowest BCUT2D eigenvalue weighted by atomic mass is 9.90. The van der Waals surface area contributed by atoms with Crippen molar-refractivity contribution >= 4 is 57.4 Å². The number of thiophene rings is 1. The standard InChI is InChI=1S/C27H23ClN2O7S/c1-4-36-27(34)22-14(2)18(26(33)35-3)25(38-22)29-23(31)19-20(16-12-8-9-13-17(16)28)30(37-21(19)24(29)32)15-10-6-5-7-11-15/h5-13,19-21H,4H2,1-3H3/t19-,20+,21+/m0/s1. The third-order valence-corrected chi connectivity index (χ3v) is 8.13. The fourth-order valence-corrected chi connectivity index (χ4v) is 6.28. The summed E-state index contributed by atoms with van der Waals surface area (Å²) in [4.78, 5) is 60.3. The molecular weight excluding hydrogens is 532 g/mol. The van der Waals surface area contributed by atoms with E-state index in [0.717, 1.165) is 16.2 Å². The average Bonchev–Trinajstić information content (AvgIpc) is 3.54. The number of ether oxygens (including phenoxy) is 2. The zero-order valence-electron chi connectivity index (χ0n) is 20.7. The van der Waals surface area contributed by atoms with Crippen molar-refractivity contribution < 1.29 is 33.5 Å². The summed E-state index contributed by atoms with van der Waals surface area (Å²) in [6, 6.07) is 15.4. The first-order chi connectivity index (χ1) is 18.3. The van der Waals surface area contributed by atoms with Crippen LogP contribution in [0.2, 0.25) is 5.02 Å². The first-order valence-corrected chi connectivity index (χ1v) is 13.0. The molecule has 2 aliphatic rings. The van der Waals surface area contributed by atoms with E-state index < -0.39 is 41.8 Å². The minimum atomic E-state index is -1.18. The van der Waals surface area contributed by atoms with Gasteiger partial charge in [0.25, 0.3) is 5.91 Å². The molecule has 5 rings (SSSR count). The van der Waals surface area contributed by atoms with Crippen LogP contribution in [0.3, 0.4) is 0 Å². The Balaban J connectivity index is 1.62. The molecule has 1 aromatic heterocycles. The predicted molar refractivity (Wildman–Crippen MR) is 140 cm³/mol. The molecule has 3 aromatic rings. The fraction of sp³-hybridized carbons (Fsp3) is 0.259. The van der Waals surface area contributed by atoms with E-state index in [4.69, 9.17) is 25.9 Å². The van der Waals surface area contributed by atoms with E-state index in [-0.39, 0.29) is 27.6 Å². The number of hydrogen-bond donors (Lipinski definition) is 0. The summed E-state index contributed by atoms with van der Waals surface area (Å²) in [6.07, 6.45) is -1.18. The molecule has 0 radical (unpaired) electrons.